The van der Waals surface area contributed by atoms with Gasteiger partial charge in [-0.1, -0.05) is 18.2 Å². The van der Waals surface area contributed by atoms with E-state index in [1.807, 2.05) is 0 Å². The van der Waals surface area contributed by atoms with E-state index in [4.69, 9.17) is 21.7 Å². The molecule has 0 amide bonds. The largest absolute Gasteiger partial charge is 0.460 e. The number of ether oxygens (including phenoxy) is 2. The summed E-state index contributed by atoms with van der Waals surface area (Å²) in [7, 11) is 1.45. The van der Waals surface area contributed by atoms with Crippen LogP contribution < -0.4 is 10.2 Å². The molecule has 0 saturated carbocycles. The highest BCUT2D eigenvalue weighted by Gasteiger charge is 2.37. The minimum absolute atomic E-state index is 0.0176. The van der Waals surface area contributed by atoms with Gasteiger partial charge in [0.15, 0.2) is 5.11 Å². The lowest BCUT2D eigenvalue weighted by molar-refractivity contribution is -0.141. The molecule has 170 valence electrons. The molecule has 1 atom stereocenters. The maximum atomic E-state index is 13.4. The van der Waals surface area contributed by atoms with Gasteiger partial charge >= 0.3 is 12.1 Å². The van der Waals surface area contributed by atoms with E-state index in [0.29, 0.717) is 11.3 Å². The number of nitrogens with one attached hydrogen (secondary N) is 1. The number of methoxy groups -OCH3 is 1. The van der Waals surface area contributed by atoms with Gasteiger partial charge in [0.1, 0.15) is 12.4 Å². The lowest BCUT2D eigenvalue weighted by atomic mass is 9.94. The summed E-state index contributed by atoms with van der Waals surface area (Å²) in [5, 5.41) is 3.06. The average molecular weight is 468 g/mol. The number of halogens is 4. The summed E-state index contributed by atoms with van der Waals surface area (Å²) >= 11 is 5.42. The van der Waals surface area contributed by atoms with Crippen molar-refractivity contribution in [2.45, 2.75) is 19.1 Å². The van der Waals surface area contributed by atoms with Crippen molar-refractivity contribution in [3.63, 3.8) is 0 Å². The Hall–Kier alpha value is -2.98. The Morgan fingerprint density at radius 3 is 2.47 bits per heavy atom. The second-order valence-electron chi connectivity index (χ2n) is 6.95. The zero-order chi connectivity index (χ0) is 23.5. The quantitative estimate of drug-likeness (QED) is 0.286. The van der Waals surface area contributed by atoms with Crippen LogP contribution in [0, 0.1) is 5.82 Å². The lowest BCUT2D eigenvalue weighted by Gasteiger charge is -2.37. The Balaban J connectivity index is 2.09. The van der Waals surface area contributed by atoms with Crippen molar-refractivity contribution in [1.82, 2.24) is 5.32 Å². The molecule has 0 saturated heterocycles. The normalized spacial score (nSPS) is 16.8. The van der Waals surface area contributed by atoms with E-state index in [1.165, 1.54) is 48.4 Å². The number of carbonyl (C=O) groups is 1. The van der Waals surface area contributed by atoms with Crippen LogP contribution in [-0.4, -0.2) is 31.4 Å². The van der Waals surface area contributed by atoms with Gasteiger partial charge in [-0.25, -0.2) is 9.18 Å². The van der Waals surface area contributed by atoms with Crippen LogP contribution in [-0.2, 0) is 20.4 Å². The predicted octanol–water partition coefficient (Wildman–Crippen LogP) is 4.74. The molecule has 3 rings (SSSR count). The molecular weight excluding hydrogens is 448 g/mol. The summed E-state index contributed by atoms with van der Waals surface area (Å²) < 4.78 is 63.3. The van der Waals surface area contributed by atoms with Crippen LogP contribution in [0.2, 0.25) is 0 Å². The molecular formula is C22H20F4N2O3S. The Morgan fingerprint density at radius 1 is 1.16 bits per heavy atom. The van der Waals surface area contributed by atoms with Gasteiger partial charge in [-0.15, -0.1) is 0 Å². The van der Waals surface area contributed by atoms with Gasteiger partial charge in [-0.3, -0.25) is 4.90 Å². The maximum Gasteiger partial charge on any atom is 0.416 e. The van der Waals surface area contributed by atoms with Crippen molar-refractivity contribution < 1.29 is 31.8 Å². The molecule has 0 aromatic heterocycles. The van der Waals surface area contributed by atoms with Crippen molar-refractivity contribution in [2.24, 2.45) is 0 Å². The number of thiocarbonyl (C=S) groups is 1. The summed E-state index contributed by atoms with van der Waals surface area (Å²) in [5.74, 6) is -1.15. The Kier molecular flexibility index (Phi) is 7.15. The van der Waals surface area contributed by atoms with Crippen molar-refractivity contribution in [3.05, 3.63) is 76.7 Å². The van der Waals surface area contributed by atoms with Crippen molar-refractivity contribution in [1.29, 1.82) is 0 Å². The number of nitrogens with zero attached hydrogens (tertiary/aromatic N) is 1. The Morgan fingerprint density at radius 2 is 1.84 bits per heavy atom. The molecule has 0 aliphatic carbocycles. The molecule has 2 aromatic rings. The topological polar surface area (TPSA) is 50.8 Å². The highest BCUT2D eigenvalue weighted by atomic mass is 32.1. The monoisotopic (exact) mass is 468 g/mol. The number of carbonyl (C=O) groups excluding carboxylic acids is 1. The van der Waals surface area contributed by atoms with E-state index in [9.17, 15) is 22.4 Å². The predicted molar refractivity (Wildman–Crippen MR) is 114 cm³/mol. The van der Waals surface area contributed by atoms with Crippen LogP contribution in [0.4, 0.5) is 23.2 Å². The Bertz CT molecular complexity index is 1040. The van der Waals surface area contributed by atoms with Crippen LogP contribution >= 0.6 is 12.2 Å². The van der Waals surface area contributed by atoms with Crippen molar-refractivity contribution in [2.75, 3.05) is 25.2 Å². The van der Waals surface area contributed by atoms with Crippen LogP contribution in [0.3, 0.4) is 0 Å². The molecule has 1 N–H and O–H groups in total. The molecule has 1 aliphatic rings. The lowest BCUT2D eigenvalue weighted by Crippen LogP contribution is -2.48. The fourth-order valence-electron chi connectivity index (χ4n) is 3.34. The first-order valence-electron chi connectivity index (χ1n) is 9.53. The number of alkyl halides is 3. The fourth-order valence-corrected chi connectivity index (χ4v) is 3.70. The van der Waals surface area contributed by atoms with Gasteiger partial charge in [0.05, 0.1) is 23.8 Å². The van der Waals surface area contributed by atoms with E-state index in [0.717, 1.165) is 12.1 Å². The SMILES string of the molecule is COCCOC(=O)C1=C(C)N(c2cccc(C(F)(F)F)c2)C(=S)NC1c1ccc(F)cc1. The molecule has 0 spiro atoms. The first kappa shape index (κ1) is 23.7. The van der Waals surface area contributed by atoms with Crippen molar-refractivity contribution in [3.8, 4) is 0 Å². The van der Waals surface area contributed by atoms with Gasteiger partial charge < -0.3 is 14.8 Å². The first-order valence-corrected chi connectivity index (χ1v) is 9.94. The molecule has 5 nitrogen and oxygen atoms in total. The maximum absolute atomic E-state index is 13.4. The molecule has 0 fully saturated rings. The van der Waals surface area contributed by atoms with Gasteiger partial charge in [0.25, 0.3) is 0 Å². The van der Waals surface area contributed by atoms with Crippen LogP contribution in [0.25, 0.3) is 0 Å². The molecule has 1 heterocycles. The molecule has 32 heavy (non-hydrogen) atoms. The van der Waals surface area contributed by atoms with Gasteiger partial charge in [0.2, 0.25) is 0 Å². The second-order valence-corrected chi connectivity index (χ2v) is 7.33. The summed E-state index contributed by atoms with van der Waals surface area (Å²) in [6, 6.07) is 9.30. The molecule has 0 radical (unpaired) electrons. The van der Waals surface area contributed by atoms with Gasteiger partial charge in [-0.2, -0.15) is 13.2 Å². The zero-order valence-electron chi connectivity index (χ0n) is 17.2. The Labute approximate surface area is 187 Å². The minimum atomic E-state index is -4.54. The average Bonchev–Trinajstić information content (AvgIpc) is 2.73. The molecule has 1 aliphatic heterocycles. The summed E-state index contributed by atoms with van der Waals surface area (Å²) in [6.07, 6.45) is -4.54. The number of rotatable bonds is 6. The summed E-state index contributed by atoms with van der Waals surface area (Å²) in [6.45, 7) is 1.72. The highest BCUT2D eigenvalue weighted by molar-refractivity contribution is 7.80. The number of benzene rings is 2. The first-order chi connectivity index (χ1) is 15.1. The summed E-state index contributed by atoms with van der Waals surface area (Å²) in [4.78, 5) is 14.3. The van der Waals surface area contributed by atoms with E-state index < -0.39 is 29.6 Å². The minimum Gasteiger partial charge on any atom is -0.460 e. The van der Waals surface area contributed by atoms with E-state index in [1.54, 1.807) is 6.92 Å². The smallest absolute Gasteiger partial charge is 0.416 e. The van der Waals surface area contributed by atoms with E-state index in [-0.39, 0.29) is 29.6 Å². The van der Waals surface area contributed by atoms with Gasteiger partial charge in [-0.05, 0) is 55.0 Å². The third kappa shape index (κ3) is 5.08. The number of allylic oxidation sites excluding steroid dienone is 1. The molecule has 1 unspecified atom stereocenters. The second kappa shape index (κ2) is 9.66. The number of esters is 1. The fraction of sp³-hybridized carbons (Fsp3) is 0.273. The molecule has 0 bridgehead atoms. The van der Waals surface area contributed by atoms with Crippen LogP contribution in [0.15, 0.2) is 59.8 Å². The van der Waals surface area contributed by atoms with Crippen LogP contribution in [0.1, 0.15) is 24.1 Å². The number of hydrogen-bond donors (Lipinski definition) is 1. The van der Waals surface area contributed by atoms with Crippen LogP contribution in [0.5, 0.6) is 0 Å². The third-order valence-electron chi connectivity index (χ3n) is 4.86. The van der Waals surface area contributed by atoms with Crippen molar-refractivity contribution >= 4 is 29.0 Å². The van der Waals surface area contributed by atoms with E-state index >= 15 is 0 Å². The third-order valence-corrected chi connectivity index (χ3v) is 5.16. The zero-order valence-corrected chi connectivity index (χ0v) is 18.0. The summed E-state index contributed by atoms with van der Waals surface area (Å²) in [5.41, 5.74) is 0.254. The number of hydrogen-bond acceptors (Lipinski definition) is 4. The standard InChI is InChI=1S/C22H20F4N2O3S/c1-13-18(20(29)31-11-10-30-2)19(14-6-8-16(23)9-7-14)27-21(32)28(13)17-5-3-4-15(12-17)22(24,25)26/h3-9,12,19H,10-11H2,1-2H3,(H,27,32). The van der Waals surface area contributed by atoms with E-state index in [2.05, 4.69) is 5.32 Å². The highest BCUT2D eigenvalue weighted by Crippen LogP contribution is 2.37. The molecule has 2 aromatic carbocycles. The van der Waals surface area contributed by atoms with Gasteiger partial charge in [0, 0.05) is 18.5 Å². The molecule has 10 heteroatoms. The number of anilines is 1.